The molecule has 0 saturated carbocycles. The predicted octanol–water partition coefficient (Wildman–Crippen LogP) is 2.05. The van der Waals surface area contributed by atoms with Crippen LogP contribution in [-0.2, 0) is 9.16 Å². The summed E-state index contributed by atoms with van der Waals surface area (Å²) in [6.45, 7) is 10.6. The van der Waals surface area contributed by atoms with Gasteiger partial charge < -0.3 is 25.7 Å². The van der Waals surface area contributed by atoms with Crippen molar-refractivity contribution in [2.75, 3.05) is 18.1 Å². The lowest BCUT2D eigenvalue weighted by Gasteiger charge is -2.37. The number of anilines is 2. The van der Waals surface area contributed by atoms with Crippen molar-refractivity contribution in [1.82, 2.24) is 19.5 Å². The van der Waals surface area contributed by atoms with Crippen LogP contribution >= 0.6 is 0 Å². The Bertz CT molecular complexity index is 828. The van der Waals surface area contributed by atoms with Gasteiger partial charge in [0.05, 0.1) is 19.0 Å². The van der Waals surface area contributed by atoms with E-state index in [9.17, 15) is 5.11 Å². The highest BCUT2D eigenvalue weighted by Gasteiger charge is 2.49. The molecule has 0 radical (unpaired) electrons. The fraction of sp³-hybridized carbons (Fsp3) is 0.706. The molecule has 9 nitrogen and oxygen atoms in total. The van der Waals surface area contributed by atoms with Crippen LogP contribution in [0.2, 0.25) is 18.6 Å². The van der Waals surface area contributed by atoms with E-state index in [1.165, 1.54) is 0 Å². The van der Waals surface area contributed by atoms with Crippen LogP contribution in [0.5, 0.6) is 0 Å². The first-order valence-electron chi connectivity index (χ1n) is 9.33. The summed E-state index contributed by atoms with van der Waals surface area (Å²) in [4.78, 5) is 12.5. The summed E-state index contributed by atoms with van der Waals surface area (Å²) < 4.78 is 14.6. The van der Waals surface area contributed by atoms with Crippen LogP contribution in [-0.4, -0.2) is 51.3 Å². The van der Waals surface area contributed by atoms with Crippen molar-refractivity contribution in [3.63, 3.8) is 0 Å². The molecule has 27 heavy (non-hydrogen) atoms. The summed E-state index contributed by atoms with van der Waals surface area (Å²) in [5.74, 6) is 0.319. The van der Waals surface area contributed by atoms with E-state index in [2.05, 4.69) is 41.9 Å². The first-order valence-corrected chi connectivity index (χ1v) is 12.3. The highest BCUT2D eigenvalue weighted by Crippen LogP contribution is 2.42. The lowest BCUT2D eigenvalue weighted by molar-refractivity contribution is -0.112. The number of nitrogen functional groups attached to an aromatic ring is 2. The Labute approximate surface area is 160 Å². The number of fused-ring (bicyclic) bond motifs is 1. The maximum atomic E-state index is 10.0. The fourth-order valence-corrected chi connectivity index (χ4v) is 5.78. The van der Waals surface area contributed by atoms with E-state index >= 15 is 0 Å². The maximum Gasteiger partial charge on any atom is 0.224 e. The summed E-state index contributed by atoms with van der Waals surface area (Å²) in [5, 5.41) is 10.0. The van der Waals surface area contributed by atoms with Gasteiger partial charge in [0.15, 0.2) is 19.8 Å². The minimum absolute atomic E-state index is 0.0859. The lowest BCUT2D eigenvalue weighted by Crippen LogP contribution is -2.48. The van der Waals surface area contributed by atoms with Crippen LogP contribution in [0.1, 0.15) is 39.8 Å². The van der Waals surface area contributed by atoms with Gasteiger partial charge in [-0.15, -0.1) is 0 Å². The molecular formula is C17H30N6O3Si. The molecule has 0 bridgehead atoms. The van der Waals surface area contributed by atoms with Crippen LogP contribution in [0.4, 0.5) is 11.8 Å². The molecule has 3 rings (SSSR count). The summed E-state index contributed by atoms with van der Waals surface area (Å²) in [7, 11) is -1.94. The van der Waals surface area contributed by atoms with E-state index < -0.39 is 13.9 Å². The zero-order valence-electron chi connectivity index (χ0n) is 16.6. The maximum absolute atomic E-state index is 10.0. The second-order valence-electron chi connectivity index (χ2n) is 8.09. The highest BCUT2D eigenvalue weighted by atomic mass is 28.4. The van der Waals surface area contributed by atoms with Crippen molar-refractivity contribution in [3.8, 4) is 0 Å². The average Bonchev–Trinajstić information content (AvgIpc) is 3.16. The van der Waals surface area contributed by atoms with Crippen molar-refractivity contribution in [2.24, 2.45) is 0 Å². The van der Waals surface area contributed by atoms with Gasteiger partial charge in [-0.2, -0.15) is 9.97 Å². The minimum Gasteiger partial charge on any atom is -0.411 e. The van der Waals surface area contributed by atoms with Gasteiger partial charge in [0, 0.05) is 6.42 Å². The van der Waals surface area contributed by atoms with E-state index in [0.717, 1.165) is 6.42 Å². The van der Waals surface area contributed by atoms with Gasteiger partial charge >= 0.3 is 0 Å². The number of aromatic nitrogens is 4. The van der Waals surface area contributed by atoms with Gasteiger partial charge in [0.25, 0.3) is 0 Å². The number of hydrogen-bond acceptors (Lipinski definition) is 8. The van der Waals surface area contributed by atoms with Crippen LogP contribution < -0.4 is 11.5 Å². The molecule has 5 N–H and O–H groups in total. The molecular weight excluding hydrogens is 364 g/mol. The Morgan fingerprint density at radius 2 is 2.15 bits per heavy atom. The SMILES string of the molecule is CCC(C)[Si](C)(C)O[C@H]1C[C@@H](n2cnc3c(N)nc(N)nc32)O[C@]1(C)CO. The molecule has 0 aliphatic carbocycles. The van der Waals surface area contributed by atoms with Crippen LogP contribution in [0, 0.1) is 0 Å². The monoisotopic (exact) mass is 394 g/mol. The summed E-state index contributed by atoms with van der Waals surface area (Å²) in [6, 6.07) is 0. The molecule has 2 aromatic rings. The van der Waals surface area contributed by atoms with E-state index in [-0.39, 0.29) is 30.7 Å². The Balaban J connectivity index is 1.92. The lowest BCUT2D eigenvalue weighted by atomic mass is 10.0. The van der Waals surface area contributed by atoms with Crippen molar-refractivity contribution in [1.29, 1.82) is 0 Å². The largest absolute Gasteiger partial charge is 0.411 e. The van der Waals surface area contributed by atoms with Crippen molar-refractivity contribution in [3.05, 3.63) is 6.33 Å². The normalized spacial score (nSPS) is 27.3. The standard InChI is InChI=1S/C17H30N6O3Si/c1-6-10(2)27(4,5)26-11-7-12(25-17(11,3)8-24)23-9-20-13-14(18)21-16(19)22-15(13)23/h9-12,24H,6-8H2,1-5H3,(H4,18,19,21,22)/t10?,11-,12-,17+/m0/s1. The van der Waals surface area contributed by atoms with E-state index in [4.69, 9.17) is 20.6 Å². The van der Waals surface area contributed by atoms with Crippen LogP contribution in [0.15, 0.2) is 6.33 Å². The van der Waals surface area contributed by atoms with Crippen LogP contribution in [0.25, 0.3) is 11.2 Å². The molecule has 0 spiro atoms. The van der Waals surface area contributed by atoms with Gasteiger partial charge in [-0.3, -0.25) is 4.57 Å². The highest BCUT2D eigenvalue weighted by molar-refractivity contribution is 6.72. The number of nitrogens with zero attached hydrogens (tertiary/aromatic N) is 4. The van der Waals surface area contributed by atoms with Crippen molar-refractivity contribution < 1.29 is 14.3 Å². The first kappa shape index (κ1) is 20.0. The molecule has 0 aromatic carbocycles. The molecule has 1 aliphatic rings. The molecule has 150 valence electrons. The third-order valence-electron chi connectivity index (χ3n) is 5.84. The minimum atomic E-state index is -1.94. The second kappa shape index (κ2) is 7.01. The molecule has 1 unspecified atom stereocenters. The second-order valence-corrected chi connectivity index (χ2v) is 12.5. The van der Waals surface area contributed by atoms with Gasteiger partial charge in [0.1, 0.15) is 17.3 Å². The number of hydrogen-bond donors (Lipinski definition) is 3. The molecule has 1 saturated heterocycles. The first-order chi connectivity index (χ1) is 12.6. The molecule has 10 heteroatoms. The third kappa shape index (κ3) is 3.54. The smallest absolute Gasteiger partial charge is 0.224 e. The number of aliphatic hydroxyl groups is 1. The quantitative estimate of drug-likeness (QED) is 0.634. The average molecular weight is 395 g/mol. The van der Waals surface area contributed by atoms with E-state index in [1.54, 1.807) is 10.9 Å². The molecule has 2 aromatic heterocycles. The zero-order chi connectivity index (χ0) is 20.0. The van der Waals surface area contributed by atoms with Gasteiger partial charge in [-0.1, -0.05) is 20.3 Å². The molecule has 0 amide bonds. The Morgan fingerprint density at radius 1 is 1.44 bits per heavy atom. The number of imidazole rings is 1. The summed E-state index contributed by atoms with van der Waals surface area (Å²) in [6.07, 6.45) is 2.66. The molecule has 1 aliphatic heterocycles. The number of aliphatic hydroxyl groups excluding tert-OH is 1. The fourth-order valence-electron chi connectivity index (χ4n) is 3.49. The molecule has 4 atom stereocenters. The van der Waals surface area contributed by atoms with E-state index in [0.29, 0.717) is 23.1 Å². The number of ether oxygens (including phenoxy) is 1. The summed E-state index contributed by atoms with van der Waals surface area (Å²) in [5.41, 5.74) is 12.3. The Hall–Kier alpha value is -1.75. The topological polar surface area (TPSA) is 134 Å². The summed E-state index contributed by atoms with van der Waals surface area (Å²) >= 11 is 0. The Morgan fingerprint density at radius 3 is 2.78 bits per heavy atom. The van der Waals surface area contributed by atoms with Crippen molar-refractivity contribution in [2.45, 2.75) is 70.2 Å². The zero-order valence-corrected chi connectivity index (χ0v) is 17.6. The molecule has 1 fully saturated rings. The van der Waals surface area contributed by atoms with Crippen LogP contribution in [0.3, 0.4) is 0 Å². The number of nitrogens with two attached hydrogens (primary N) is 2. The van der Waals surface area contributed by atoms with Gasteiger partial charge in [-0.25, -0.2) is 4.98 Å². The third-order valence-corrected chi connectivity index (χ3v) is 9.51. The van der Waals surface area contributed by atoms with Gasteiger partial charge in [0.2, 0.25) is 5.95 Å². The number of rotatable bonds is 6. The van der Waals surface area contributed by atoms with Gasteiger partial charge in [-0.05, 0) is 25.6 Å². The Kier molecular flexibility index (Phi) is 5.19. The van der Waals surface area contributed by atoms with Crippen molar-refractivity contribution >= 4 is 31.2 Å². The van der Waals surface area contributed by atoms with E-state index in [1.807, 2.05) is 6.92 Å². The predicted molar refractivity (Wildman–Crippen MR) is 106 cm³/mol. The molecule has 3 heterocycles.